The number of rotatable bonds is 7. The summed E-state index contributed by atoms with van der Waals surface area (Å²) in [5.74, 6) is -2.90. The van der Waals surface area contributed by atoms with E-state index in [1.54, 1.807) is 6.92 Å². The fraction of sp³-hybridized carbons (Fsp3) is 0.281. The van der Waals surface area contributed by atoms with Gasteiger partial charge in [-0.2, -0.15) is 39.5 Å². The quantitative estimate of drug-likeness (QED) is 0.190. The van der Waals surface area contributed by atoms with Crippen molar-refractivity contribution in [3.8, 4) is 28.1 Å². The molecule has 2 aromatic heterocycles. The minimum absolute atomic E-state index is 0.00365. The van der Waals surface area contributed by atoms with E-state index < -0.39 is 77.5 Å². The molecule has 1 aliphatic rings. The van der Waals surface area contributed by atoms with E-state index in [1.165, 1.54) is 44.5 Å². The number of alkyl halides is 9. The molecular weight excluding hydrogens is 691 g/mol. The fourth-order valence-corrected chi connectivity index (χ4v) is 5.44. The Morgan fingerprint density at radius 3 is 2.06 bits per heavy atom. The van der Waals surface area contributed by atoms with E-state index in [1.807, 2.05) is 0 Å². The highest BCUT2D eigenvalue weighted by Gasteiger charge is 2.44. The number of carbonyl (C=O) groups excluding carboxylic acids is 1. The molecule has 0 saturated carbocycles. The average molecular weight is 715 g/mol. The summed E-state index contributed by atoms with van der Waals surface area (Å²) in [6.45, 7) is 2.10. The largest absolute Gasteiger partial charge is 0.481 e. The second-order valence-electron chi connectivity index (χ2n) is 11.2. The first-order valence-corrected chi connectivity index (χ1v) is 14.3. The van der Waals surface area contributed by atoms with Crippen LogP contribution >= 0.6 is 0 Å². The Kier molecular flexibility index (Phi) is 9.18. The molecule has 4 aromatic rings. The lowest BCUT2D eigenvalue weighted by Gasteiger charge is -2.23. The summed E-state index contributed by atoms with van der Waals surface area (Å²) in [6.07, 6.45) is -16.2. The number of hydrogen-bond acceptors (Lipinski definition) is 7. The van der Waals surface area contributed by atoms with Crippen LogP contribution in [0.4, 0.5) is 44.3 Å². The molecule has 1 aliphatic heterocycles. The van der Waals surface area contributed by atoms with Crippen molar-refractivity contribution in [1.82, 2.24) is 19.9 Å². The molecule has 3 heterocycles. The third-order valence-corrected chi connectivity index (χ3v) is 7.89. The molecule has 18 heteroatoms. The highest BCUT2D eigenvalue weighted by Crippen LogP contribution is 2.42. The first kappa shape index (κ1) is 35.9. The van der Waals surface area contributed by atoms with Crippen molar-refractivity contribution in [3.05, 3.63) is 94.2 Å². The van der Waals surface area contributed by atoms with Crippen LogP contribution in [0.5, 0.6) is 5.88 Å². The number of hydrogen-bond donors (Lipinski definition) is 1. The number of cyclic esters (lactones) is 1. The minimum Gasteiger partial charge on any atom is -0.481 e. The summed E-state index contributed by atoms with van der Waals surface area (Å²) in [6, 6.07) is 5.09. The Labute approximate surface area is 276 Å². The number of carboxylic acids is 1. The van der Waals surface area contributed by atoms with Crippen molar-refractivity contribution < 1.29 is 63.7 Å². The van der Waals surface area contributed by atoms with E-state index in [0.29, 0.717) is 28.8 Å². The molecule has 0 aliphatic carbocycles. The molecule has 9 nitrogen and oxygen atoms in total. The third kappa shape index (κ3) is 7.13. The maximum Gasteiger partial charge on any atom is 0.451 e. The first-order chi connectivity index (χ1) is 23.2. The van der Waals surface area contributed by atoms with Crippen LogP contribution in [0.2, 0.25) is 0 Å². The predicted octanol–water partition coefficient (Wildman–Crippen LogP) is 8.36. The molecule has 2 aromatic carbocycles. The monoisotopic (exact) mass is 714 g/mol. The van der Waals surface area contributed by atoms with Gasteiger partial charge in [-0.3, -0.25) is 4.90 Å². The van der Waals surface area contributed by atoms with Gasteiger partial charge in [0.15, 0.2) is 0 Å². The van der Waals surface area contributed by atoms with Gasteiger partial charge in [0, 0.05) is 29.1 Å². The number of pyridine rings is 1. The van der Waals surface area contributed by atoms with Gasteiger partial charge in [-0.15, -0.1) is 0 Å². The summed E-state index contributed by atoms with van der Waals surface area (Å²) >= 11 is 0. The van der Waals surface area contributed by atoms with Crippen molar-refractivity contribution in [1.29, 1.82) is 0 Å². The molecule has 0 unspecified atom stereocenters. The summed E-state index contributed by atoms with van der Waals surface area (Å²) in [5.41, 5.74) is -3.07. The zero-order valence-electron chi connectivity index (χ0n) is 25.8. The van der Waals surface area contributed by atoms with Crippen molar-refractivity contribution in [3.63, 3.8) is 0 Å². The van der Waals surface area contributed by atoms with Gasteiger partial charge in [0.05, 0.1) is 42.1 Å². The predicted molar refractivity (Wildman–Crippen MR) is 155 cm³/mol. The summed E-state index contributed by atoms with van der Waals surface area (Å²) in [7, 11) is 1.22. The number of ether oxygens (including phenoxy) is 2. The van der Waals surface area contributed by atoms with Crippen LogP contribution in [0.1, 0.15) is 57.2 Å². The van der Waals surface area contributed by atoms with Gasteiger partial charge in [-0.05, 0) is 66.9 Å². The molecule has 0 spiro atoms. The zero-order chi connectivity index (χ0) is 36.9. The molecule has 1 N–H and O–H groups in total. The number of amides is 1. The highest BCUT2D eigenvalue weighted by molar-refractivity contribution is 5.89. The number of benzene rings is 2. The minimum atomic E-state index is -5.19. The standard InChI is InChI=1S/C32H23F9N4O5/c1-14-6-16(27(46)47)4-5-21(14)18-9-22(26(49-3)42-11-18)23-12-43-28(32(39,40)41)44-24(23)13-45-15(2)25(50-29(45)48)17-7-19(30(33,34)35)10-20(8-17)31(36,37)38/h4-12,15,25H,13H2,1-3H3,(H,46,47)/t15-,25-/m0/s1. The Morgan fingerprint density at radius 1 is 0.880 bits per heavy atom. The smallest absolute Gasteiger partial charge is 0.451 e. The maximum atomic E-state index is 13.8. The van der Waals surface area contributed by atoms with E-state index in [9.17, 15) is 54.2 Å². The molecular formula is C32H23F9N4O5. The maximum absolute atomic E-state index is 13.8. The van der Waals surface area contributed by atoms with Crippen LogP contribution in [0.15, 0.2) is 54.9 Å². The first-order valence-electron chi connectivity index (χ1n) is 14.3. The Bertz CT molecular complexity index is 1950. The van der Waals surface area contributed by atoms with E-state index in [-0.39, 0.29) is 28.6 Å². The van der Waals surface area contributed by atoms with Gasteiger partial charge in [-0.25, -0.2) is 24.5 Å². The van der Waals surface area contributed by atoms with Crippen LogP contribution in [0.3, 0.4) is 0 Å². The summed E-state index contributed by atoms with van der Waals surface area (Å²) in [4.78, 5) is 36.6. The van der Waals surface area contributed by atoms with Gasteiger partial charge in [-0.1, -0.05) is 6.07 Å². The van der Waals surface area contributed by atoms with Gasteiger partial charge in [0.25, 0.3) is 0 Å². The number of nitrogens with zero attached hydrogens (tertiary/aromatic N) is 4. The number of aryl methyl sites for hydroxylation is 1. The number of halogens is 9. The highest BCUT2D eigenvalue weighted by atomic mass is 19.4. The Morgan fingerprint density at radius 2 is 1.52 bits per heavy atom. The van der Waals surface area contributed by atoms with E-state index in [2.05, 4.69) is 15.0 Å². The molecule has 50 heavy (non-hydrogen) atoms. The normalized spacial score (nSPS) is 16.8. The second kappa shape index (κ2) is 12.8. The van der Waals surface area contributed by atoms with Crippen molar-refractivity contribution in [2.24, 2.45) is 0 Å². The number of aromatic nitrogens is 3. The van der Waals surface area contributed by atoms with Gasteiger partial charge in [0.1, 0.15) is 6.10 Å². The summed E-state index contributed by atoms with van der Waals surface area (Å²) < 4.78 is 133. The average Bonchev–Trinajstić information content (AvgIpc) is 3.31. The number of methoxy groups -OCH3 is 1. The lowest BCUT2D eigenvalue weighted by molar-refractivity contribution is -0.145. The summed E-state index contributed by atoms with van der Waals surface area (Å²) in [5, 5.41) is 9.32. The van der Waals surface area contributed by atoms with Crippen LogP contribution in [-0.4, -0.2) is 50.2 Å². The third-order valence-electron chi connectivity index (χ3n) is 7.89. The van der Waals surface area contributed by atoms with E-state index in [4.69, 9.17) is 9.47 Å². The fourth-order valence-electron chi connectivity index (χ4n) is 5.44. The number of aromatic carboxylic acids is 1. The van der Waals surface area contributed by atoms with Crippen molar-refractivity contribution >= 4 is 12.1 Å². The van der Waals surface area contributed by atoms with Gasteiger partial charge in [0.2, 0.25) is 11.7 Å². The molecule has 0 radical (unpaired) electrons. The SMILES string of the molecule is COc1ncc(-c2ccc(C(=O)O)cc2C)cc1-c1cnc(C(F)(F)F)nc1CN1C(=O)O[C@H](c2cc(C(F)(F)F)cc(C(F)(F)F)c2)[C@@H]1C. The topological polar surface area (TPSA) is 115 Å². The lowest BCUT2D eigenvalue weighted by atomic mass is 9.96. The Balaban J connectivity index is 1.59. The van der Waals surface area contributed by atoms with E-state index >= 15 is 0 Å². The van der Waals surface area contributed by atoms with Crippen LogP contribution in [0, 0.1) is 6.92 Å². The van der Waals surface area contributed by atoms with Crippen LogP contribution in [-0.2, 0) is 29.8 Å². The second-order valence-corrected chi connectivity index (χ2v) is 11.2. The molecule has 5 rings (SSSR count). The van der Waals surface area contributed by atoms with Gasteiger partial charge < -0.3 is 14.6 Å². The van der Waals surface area contributed by atoms with Crippen LogP contribution < -0.4 is 4.74 Å². The molecule has 2 atom stereocenters. The molecule has 1 saturated heterocycles. The number of carbonyl (C=O) groups is 2. The lowest BCUT2D eigenvalue weighted by Crippen LogP contribution is -2.32. The van der Waals surface area contributed by atoms with Crippen molar-refractivity contribution in [2.75, 3.05) is 7.11 Å². The molecule has 1 amide bonds. The zero-order valence-corrected chi connectivity index (χ0v) is 25.8. The van der Waals surface area contributed by atoms with Crippen molar-refractivity contribution in [2.45, 2.75) is 51.1 Å². The van der Waals surface area contributed by atoms with E-state index in [0.717, 1.165) is 11.1 Å². The number of carboxylic acid groups (broad SMARTS) is 1. The molecule has 264 valence electrons. The Hall–Kier alpha value is -5.42. The molecule has 0 bridgehead atoms. The van der Waals surface area contributed by atoms with Gasteiger partial charge >= 0.3 is 30.6 Å². The molecule has 1 fully saturated rings. The van der Waals surface area contributed by atoms with Crippen LogP contribution in [0.25, 0.3) is 22.3 Å².